The fourth-order valence-corrected chi connectivity index (χ4v) is 1.84. The Balaban J connectivity index is 2.40. The summed E-state index contributed by atoms with van der Waals surface area (Å²) in [4.78, 5) is 0. The highest BCUT2D eigenvalue weighted by Crippen LogP contribution is 2.22. The summed E-state index contributed by atoms with van der Waals surface area (Å²) in [7, 11) is 0. The fraction of sp³-hybridized carbons (Fsp3) is 0.0909. The van der Waals surface area contributed by atoms with Crippen LogP contribution in [0.4, 0.5) is 0 Å². The molecule has 2 rings (SSSR count). The Labute approximate surface area is 82.7 Å². The van der Waals surface area contributed by atoms with Crippen molar-refractivity contribution >= 4 is 17.5 Å². The van der Waals surface area contributed by atoms with Gasteiger partial charge in [0, 0.05) is 6.20 Å². The zero-order valence-electron chi connectivity index (χ0n) is 7.45. The molecule has 0 fully saturated rings. The van der Waals surface area contributed by atoms with Crippen LogP contribution in [0.3, 0.4) is 0 Å². The predicted molar refractivity (Wildman–Crippen MR) is 59.0 cm³/mol. The summed E-state index contributed by atoms with van der Waals surface area (Å²) >= 11 is 1.59. The molecule has 0 unspecified atom stereocenters. The number of hydrogen-bond donors (Lipinski definition) is 1. The van der Waals surface area contributed by atoms with E-state index in [2.05, 4.69) is 47.4 Å². The van der Waals surface area contributed by atoms with E-state index >= 15 is 0 Å². The zero-order chi connectivity index (χ0) is 9.10. The first-order chi connectivity index (χ1) is 6.38. The third-order valence-corrected chi connectivity index (χ3v) is 2.58. The van der Waals surface area contributed by atoms with Gasteiger partial charge in [-0.3, -0.25) is 0 Å². The highest BCUT2D eigenvalue weighted by molar-refractivity contribution is 8.00. The standard InChI is InChI=1S/C11H11NS/c1-9-4-2-3-5-11(9)10-6-7-13-12-8-10/h2-8,12H,1H3. The summed E-state index contributed by atoms with van der Waals surface area (Å²) in [5, 5.41) is 2.06. The molecule has 13 heavy (non-hydrogen) atoms. The lowest BCUT2D eigenvalue weighted by molar-refractivity contribution is 1.38. The summed E-state index contributed by atoms with van der Waals surface area (Å²) in [6.45, 7) is 2.13. The van der Waals surface area contributed by atoms with Crippen molar-refractivity contribution in [2.45, 2.75) is 6.92 Å². The van der Waals surface area contributed by atoms with Crippen molar-refractivity contribution in [1.29, 1.82) is 0 Å². The van der Waals surface area contributed by atoms with Gasteiger partial charge in [0.05, 0.1) is 0 Å². The molecule has 1 N–H and O–H groups in total. The molecule has 2 heteroatoms. The van der Waals surface area contributed by atoms with Crippen LogP contribution in [0.15, 0.2) is 41.9 Å². The maximum Gasteiger partial charge on any atom is 0.0154 e. The van der Waals surface area contributed by atoms with Gasteiger partial charge in [-0.1, -0.05) is 24.3 Å². The summed E-state index contributed by atoms with van der Waals surface area (Å²) < 4.78 is 3.13. The maximum absolute atomic E-state index is 3.13. The zero-order valence-corrected chi connectivity index (χ0v) is 8.27. The number of nitrogens with one attached hydrogen (secondary N) is 1. The van der Waals surface area contributed by atoms with E-state index < -0.39 is 0 Å². The molecule has 1 aromatic carbocycles. The second kappa shape index (κ2) is 3.71. The van der Waals surface area contributed by atoms with Gasteiger partial charge < -0.3 is 4.72 Å². The maximum atomic E-state index is 3.13. The molecule has 0 aromatic heterocycles. The molecule has 0 saturated carbocycles. The summed E-state index contributed by atoms with van der Waals surface area (Å²) in [5.74, 6) is 0. The van der Waals surface area contributed by atoms with E-state index in [9.17, 15) is 0 Å². The molecule has 66 valence electrons. The second-order valence-electron chi connectivity index (χ2n) is 2.95. The van der Waals surface area contributed by atoms with Gasteiger partial charge in [0.1, 0.15) is 0 Å². The SMILES string of the molecule is Cc1ccccc1C1=CNSC=C1. The van der Waals surface area contributed by atoms with E-state index in [1.807, 2.05) is 6.20 Å². The molecule has 0 atom stereocenters. The summed E-state index contributed by atoms with van der Waals surface area (Å²) in [6, 6.07) is 8.40. The van der Waals surface area contributed by atoms with Crippen LogP contribution in [0.25, 0.3) is 5.57 Å². The van der Waals surface area contributed by atoms with E-state index in [1.54, 1.807) is 11.9 Å². The van der Waals surface area contributed by atoms with Crippen LogP contribution < -0.4 is 4.72 Å². The van der Waals surface area contributed by atoms with Crippen LogP contribution in [0.5, 0.6) is 0 Å². The van der Waals surface area contributed by atoms with Gasteiger partial charge in [-0.15, -0.1) is 0 Å². The molecule has 1 aromatic rings. The Morgan fingerprint density at radius 2 is 2.08 bits per heavy atom. The van der Waals surface area contributed by atoms with Crippen LogP contribution in [0, 0.1) is 6.92 Å². The van der Waals surface area contributed by atoms with Gasteiger partial charge in [-0.05, 0) is 47.1 Å². The Kier molecular flexibility index (Phi) is 2.41. The minimum atomic E-state index is 1.25. The van der Waals surface area contributed by atoms with Crippen LogP contribution in [0.2, 0.25) is 0 Å². The van der Waals surface area contributed by atoms with Crippen molar-refractivity contribution in [1.82, 2.24) is 4.72 Å². The lowest BCUT2D eigenvalue weighted by atomic mass is 10.0. The third-order valence-electron chi connectivity index (χ3n) is 2.05. The highest BCUT2D eigenvalue weighted by Gasteiger charge is 2.02. The van der Waals surface area contributed by atoms with E-state index in [0.29, 0.717) is 0 Å². The van der Waals surface area contributed by atoms with E-state index in [1.165, 1.54) is 16.7 Å². The average Bonchev–Trinajstić information content (AvgIpc) is 2.20. The Morgan fingerprint density at radius 1 is 1.23 bits per heavy atom. The molecule has 0 amide bonds. The Bertz CT molecular complexity index is 366. The number of allylic oxidation sites excluding steroid dienone is 2. The quantitative estimate of drug-likeness (QED) is 0.681. The van der Waals surface area contributed by atoms with E-state index in [4.69, 9.17) is 0 Å². The fourth-order valence-electron chi connectivity index (χ4n) is 1.36. The van der Waals surface area contributed by atoms with Gasteiger partial charge in [0.15, 0.2) is 0 Å². The Morgan fingerprint density at radius 3 is 2.77 bits per heavy atom. The Hall–Kier alpha value is -1.15. The molecule has 1 heterocycles. The van der Waals surface area contributed by atoms with Gasteiger partial charge in [0.2, 0.25) is 0 Å². The van der Waals surface area contributed by atoms with Gasteiger partial charge in [-0.2, -0.15) is 0 Å². The first-order valence-electron chi connectivity index (χ1n) is 4.22. The van der Waals surface area contributed by atoms with Crippen molar-refractivity contribution in [2.24, 2.45) is 0 Å². The molecule has 0 radical (unpaired) electrons. The van der Waals surface area contributed by atoms with Gasteiger partial charge in [0.25, 0.3) is 0 Å². The molecular formula is C11H11NS. The highest BCUT2D eigenvalue weighted by atomic mass is 32.2. The van der Waals surface area contributed by atoms with Crippen LogP contribution in [-0.2, 0) is 0 Å². The minimum Gasteiger partial charge on any atom is -0.332 e. The van der Waals surface area contributed by atoms with Crippen molar-refractivity contribution < 1.29 is 0 Å². The predicted octanol–water partition coefficient (Wildman–Crippen LogP) is 3.10. The van der Waals surface area contributed by atoms with Gasteiger partial charge in [-0.25, -0.2) is 0 Å². The number of hydrogen-bond acceptors (Lipinski definition) is 2. The average molecular weight is 189 g/mol. The number of rotatable bonds is 1. The molecule has 0 aliphatic carbocycles. The first-order valence-corrected chi connectivity index (χ1v) is 5.10. The molecule has 1 nitrogen and oxygen atoms in total. The largest absolute Gasteiger partial charge is 0.332 e. The lowest BCUT2D eigenvalue weighted by Gasteiger charge is -2.10. The van der Waals surface area contributed by atoms with Crippen molar-refractivity contribution in [3.63, 3.8) is 0 Å². The van der Waals surface area contributed by atoms with Crippen molar-refractivity contribution in [3.05, 3.63) is 53.1 Å². The third kappa shape index (κ3) is 1.78. The van der Waals surface area contributed by atoms with Crippen molar-refractivity contribution in [3.8, 4) is 0 Å². The topological polar surface area (TPSA) is 12.0 Å². The smallest absolute Gasteiger partial charge is 0.0154 e. The summed E-state index contributed by atoms with van der Waals surface area (Å²) in [6.07, 6.45) is 4.16. The number of benzene rings is 1. The molecule has 1 aliphatic heterocycles. The minimum absolute atomic E-state index is 1.25. The molecule has 0 spiro atoms. The molecule has 0 saturated heterocycles. The monoisotopic (exact) mass is 189 g/mol. The van der Waals surface area contributed by atoms with Crippen LogP contribution in [-0.4, -0.2) is 0 Å². The number of aryl methyl sites for hydroxylation is 1. The summed E-state index contributed by atoms with van der Waals surface area (Å²) in [5.41, 5.74) is 3.86. The lowest BCUT2D eigenvalue weighted by Crippen LogP contribution is -1.97. The van der Waals surface area contributed by atoms with Crippen molar-refractivity contribution in [2.75, 3.05) is 0 Å². The molecule has 1 aliphatic rings. The normalized spacial score (nSPS) is 15.0. The van der Waals surface area contributed by atoms with Gasteiger partial charge >= 0.3 is 0 Å². The van der Waals surface area contributed by atoms with Crippen LogP contribution in [0.1, 0.15) is 11.1 Å². The molecule has 0 bridgehead atoms. The van der Waals surface area contributed by atoms with E-state index in [0.717, 1.165) is 0 Å². The molecular weight excluding hydrogens is 178 g/mol. The first kappa shape index (κ1) is 8.45. The van der Waals surface area contributed by atoms with E-state index in [-0.39, 0.29) is 0 Å². The second-order valence-corrected chi connectivity index (χ2v) is 3.70. The van der Waals surface area contributed by atoms with Crippen LogP contribution >= 0.6 is 11.9 Å².